The maximum Gasteiger partial charge on any atom is 0.0246 e. The smallest absolute Gasteiger partial charge is 0.0246 e. The second-order valence-electron chi connectivity index (χ2n) is 6.26. The normalized spacial score (nSPS) is 17.0. The molecule has 1 N–H and O–H groups in total. The maximum atomic E-state index is 3.77. The molecule has 3 aromatic carbocycles. The average Bonchev–Trinajstić information content (AvgIpc) is 2.64. The molecule has 0 fully saturated rings. The van der Waals surface area contributed by atoms with Gasteiger partial charge in [0.1, 0.15) is 0 Å². The summed E-state index contributed by atoms with van der Waals surface area (Å²) in [5, 5.41) is 3.77. The first kappa shape index (κ1) is 14.2. The molecule has 0 amide bonds. The van der Waals surface area contributed by atoms with Crippen molar-refractivity contribution >= 4 is 0 Å². The zero-order valence-electron chi connectivity index (χ0n) is 13.2. The van der Waals surface area contributed by atoms with Crippen molar-refractivity contribution in [3.63, 3.8) is 0 Å². The first-order chi connectivity index (χ1) is 11.4. The van der Waals surface area contributed by atoms with E-state index in [4.69, 9.17) is 0 Å². The topological polar surface area (TPSA) is 12.0 Å². The van der Waals surface area contributed by atoms with Crippen molar-refractivity contribution in [3.8, 4) is 0 Å². The van der Waals surface area contributed by atoms with Gasteiger partial charge < -0.3 is 5.32 Å². The molecule has 23 heavy (non-hydrogen) atoms. The van der Waals surface area contributed by atoms with E-state index in [9.17, 15) is 0 Å². The molecule has 1 nitrogen and oxygen atoms in total. The van der Waals surface area contributed by atoms with Crippen LogP contribution in [-0.4, -0.2) is 6.04 Å². The first-order valence-electron chi connectivity index (χ1n) is 8.32. The Morgan fingerprint density at radius 1 is 0.652 bits per heavy atom. The van der Waals surface area contributed by atoms with Gasteiger partial charge in [-0.15, -0.1) is 0 Å². The van der Waals surface area contributed by atoms with E-state index in [0.717, 1.165) is 13.0 Å². The predicted molar refractivity (Wildman–Crippen MR) is 95.5 cm³/mol. The Hall–Kier alpha value is -2.38. The lowest BCUT2D eigenvalue weighted by molar-refractivity contribution is 0.438. The van der Waals surface area contributed by atoms with E-state index in [0.29, 0.717) is 12.0 Å². The van der Waals surface area contributed by atoms with Crippen molar-refractivity contribution in [2.75, 3.05) is 0 Å². The van der Waals surface area contributed by atoms with Gasteiger partial charge in [-0.3, -0.25) is 0 Å². The molecule has 0 radical (unpaired) electrons. The van der Waals surface area contributed by atoms with Crippen molar-refractivity contribution in [1.29, 1.82) is 0 Å². The van der Waals surface area contributed by atoms with E-state index < -0.39 is 0 Å². The van der Waals surface area contributed by atoms with Crippen LogP contribution in [-0.2, 0) is 13.0 Å². The van der Waals surface area contributed by atoms with E-state index in [-0.39, 0.29) is 0 Å². The van der Waals surface area contributed by atoms with Crippen LogP contribution in [0.15, 0.2) is 84.9 Å². The van der Waals surface area contributed by atoms with Crippen LogP contribution in [0.3, 0.4) is 0 Å². The minimum absolute atomic E-state index is 0.380. The summed E-state index contributed by atoms with van der Waals surface area (Å²) in [5.41, 5.74) is 5.68. The fourth-order valence-corrected chi connectivity index (χ4v) is 3.69. The van der Waals surface area contributed by atoms with Gasteiger partial charge in [-0.25, -0.2) is 0 Å². The van der Waals surface area contributed by atoms with E-state index in [1.165, 1.54) is 22.3 Å². The van der Waals surface area contributed by atoms with Crippen molar-refractivity contribution in [2.45, 2.75) is 24.9 Å². The van der Waals surface area contributed by atoms with Crippen LogP contribution in [0.2, 0.25) is 0 Å². The highest BCUT2D eigenvalue weighted by Crippen LogP contribution is 2.32. The summed E-state index contributed by atoms with van der Waals surface area (Å²) in [7, 11) is 0. The van der Waals surface area contributed by atoms with Gasteiger partial charge >= 0.3 is 0 Å². The van der Waals surface area contributed by atoms with Crippen LogP contribution in [0.1, 0.15) is 28.2 Å². The molecule has 0 saturated heterocycles. The van der Waals surface area contributed by atoms with Crippen LogP contribution >= 0.6 is 0 Å². The highest BCUT2D eigenvalue weighted by Gasteiger charge is 2.28. The monoisotopic (exact) mass is 299 g/mol. The molecule has 1 atom stereocenters. The van der Waals surface area contributed by atoms with Crippen molar-refractivity contribution in [3.05, 3.63) is 107 Å². The van der Waals surface area contributed by atoms with Crippen molar-refractivity contribution < 1.29 is 0 Å². The summed E-state index contributed by atoms with van der Waals surface area (Å²) < 4.78 is 0. The van der Waals surface area contributed by atoms with E-state index >= 15 is 0 Å². The van der Waals surface area contributed by atoms with E-state index in [1.54, 1.807) is 0 Å². The SMILES string of the molecule is c1ccc(C(c2ccccc2)C2Cc3ccccc3CN2)cc1. The summed E-state index contributed by atoms with van der Waals surface area (Å²) in [6.07, 6.45) is 1.07. The third-order valence-corrected chi connectivity index (χ3v) is 4.83. The third-order valence-electron chi connectivity index (χ3n) is 4.83. The molecule has 1 heterocycles. The quantitative estimate of drug-likeness (QED) is 0.749. The lowest BCUT2D eigenvalue weighted by atomic mass is 9.80. The Morgan fingerprint density at radius 2 is 1.17 bits per heavy atom. The molecule has 0 aliphatic carbocycles. The fourth-order valence-electron chi connectivity index (χ4n) is 3.69. The van der Waals surface area contributed by atoms with Crippen LogP contribution in [0.25, 0.3) is 0 Å². The molecule has 0 aromatic heterocycles. The van der Waals surface area contributed by atoms with Gasteiger partial charge in [0, 0.05) is 18.5 Å². The molecule has 3 aromatic rings. The van der Waals surface area contributed by atoms with Gasteiger partial charge in [-0.2, -0.15) is 0 Å². The molecule has 0 saturated carbocycles. The minimum atomic E-state index is 0.380. The molecular formula is C22H21N. The number of rotatable bonds is 3. The fraction of sp³-hybridized carbons (Fsp3) is 0.182. The summed E-state index contributed by atoms with van der Waals surface area (Å²) in [6.45, 7) is 0.955. The van der Waals surface area contributed by atoms with Gasteiger partial charge in [-0.1, -0.05) is 84.9 Å². The van der Waals surface area contributed by atoms with E-state index in [2.05, 4.69) is 90.2 Å². The Labute approximate surface area is 138 Å². The molecule has 0 spiro atoms. The van der Waals surface area contributed by atoms with Crippen molar-refractivity contribution in [2.24, 2.45) is 0 Å². The maximum absolute atomic E-state index is 3.77. The third kappa shape index (κ3) is 2.93. The minimum Gasteiger partial charge on any atom is -0.309 e. The first-order valence-corrected chi connectivity index (χ1v) is 8.32. The standard InChI is InChI=1S/C22H21N/c1-3-9-17(10-4-1)22(18-11-5-2-6-12-18)21-15-19-13-7-8-14-20(19)16-23-21/h1-14,21-23H,15-16H2. The lowest BCUT2D eigenvalue weighted by Gasteiger charge is -2.33. The molecule has 114 valence electrons. The largest absolute Gasteiger partial charge is 0.309 e. The van der Waals surface area contributed by atoms with Crippen LogP contribution in [0.4, 0.5) is 0 Å². The zero-order chi connectivity index (χ0) is 15.5. The van der Waals surface area contributed by atoms with Crippen LogP contribution in [0.5, 0.6) is 0 Å². The molecule has 0 bridgehead atoms. The molecule has 1 aliphatic heterocycles. The molecule has 1 aliphatic rings. The van der Waals surface area contributed by atoms with Gasteiger partial charge in [-0.05, 0) is 28.7 Å². The summed E-state index contributed by atoms with van der Waals surface area (Å²) in [6, 6.07) is 31.0. The number of fused-ring (bicyclic) bond motifs is 1. The van der Waals surface area contributed by atoms with Gasteiger partial charge in [0.15, 0.2) is 0 Å². The second-order valence-corrected chi connectivity index (χ2v) is 6.26. The molecule has 1 heteroatoms. The van der Waals surface area contributed by atoms with Crippen LogP contribution < -0.4 is 5.32 Å². The summed E-state index contributed by atoms with van der Waals surface area (Å²) >= 11 is 0. The number of benzene rings is 3. The van der Waals surface area contributed by atoms with Crippen molar-refractivity contribution in [1.82, 2.24) is 5.32 Å². The number of nitrogens with one attached hydrogen (secondary N) is 1. The Balaban J connectivity index is 1.72. The summed E-state index contributed by atoms with van der Waals surface area (Å²) in [5.74, 6) is 0.380. The van der Waals surface area contributed by atoms with Gasteiger partial charge in [0.2, 0.25) is 0 Å². The second kappa shape index (κ2) is 6.39. The molecule has 1 unspecified atom stereocenters. The van der Waals surface area contributed by atoms with Crippen LogP contribution in [0, 0.1) is 0 Å². The Kier molecular flexibility index (Phi) is 3.95. The van der Waals surface area contributed by atoms with Gasteiger partial charge in [0.25, 0.3) is 0 Å². The highest BCUT2D eigenvalue weighted by atomic mass is 14.9. The molecular weight excluding hydrogens is 278 g/mol. The lowest BCUT2D eigenvalue weighted by Crippen LogP contribution is -2.40. The Morgan fingerprint density at radius 3 is 1.78 bits per heavy atom. The zero-order valence-corrected chi connectivity index (χ0v) is 13.2. The van der Waals surface area contributed by atoms with E-state index in [1.807, 2.05) is 0 Å². The summed E-state index contributed by atoms with van der Waals surface area (Å²) in [4.78, 5) is 0. The molecule has 4 rings (SSSR count). The average molecular weight is 299 g/mol. The number of hydrogen-bond acceptors (Lipinski definition) is 1. The number of hydrogen-bond donors (Lipinski definition) is 1. The Bertz CT molecular complexity index is 725. The predicted octanol–water partition coefficient (Wildman–Crippen LogP) is 4.53. The van der Waals surface area contributed by atoms with Gasteiger partial charge in [0.05, 0.1) is 0 Å². The highest BCUT2D eigenvalue weighted by molar-refractivity contribution is 5.38.